The predicted molar refractivity (Wildman–Crippen MR) is 69.0 cm³/mol. The Morgan fingerprint density at radius 1 is 1.18 bits per heavy atom. The molecule has 0 saturated carbocycles. The number of nitrogens with zero attached hydrogens (tertiary/aromatic N) is 3. The van der Waals surface area contributed by atoms with Gasteiger partial charge in [0.25, 0.3) is 0 Å². The van der Waals surface area contributed by atoms with Gasteiger partial charge in [-0.05, 0) is 29.7 Å². The fourth-order valence-corrected chi connectivity index (χ4v) is 2.37. The lowest BCUT2D eigenvalue weighted by molar-refractivity contribution is 1.00. The summed E-state index contributed by atoms with van der Waals surface area (Å²) in [6.45, 7) is 0.663. The minimum Gasteiger partial charge on any atom is -0.363 e. The van der Waals surface area contributed by atoms with Crippen molar-refractivity contribution in [1.82, 2.24) is 14.3 Å². The van der Waals surface area contributed by atoms with Gasteiger partial charge in [0.15, 0.2) is 0 Å². The molecular weight excluding hydrogens is 232 g/mol. The van der Waals surface area contributed by atoms with Crippen LogP contribution in [0.3, 0.4) is 0 Å². The molecule has 5 heteroatoms. The van der Waals surface area contributed by atoms with Gasteiger partial charge in [-0.2, -0.15) is 4.37 Å². The monoisotopic (exact) mass is 242 g/mol. The molecule has 0 aliphatic heterocycles. The van der Waals surface area contributed by atoms with Gasteiger partial charge in [0.1, 0.15) is 12.1 Å². The zero-order chi connectivity index (χ0) is 11.5. The Labute approximate surface area is 103 Å². The third kappa shape index (κ3) is 2.09. The molecule has 3 rings (SSSR count). The maximum atomic E-state index is 4.40. The molecule has 0 spiro atoms. The number of fused-ring (bicyclic) bond motifs is 1. The summed E-state index contributed by atoms with van der Waals surface area (Å²) in [4.78, 5) is 8.05. The highest BCUT2D eigenvalue weighted by Gasteiger charge is 2.04. The molecular formula is C12H10N4S. The number of aromatic nitrogens is 3. The predicted octanol–water partition coefficient (Wildman–Crippen LogP) is 2.70. The largest absolute Gasteiger partial charge is 0.363 e. The van der Waals surface area contributed by atoms with Gasteiger partial charge < -0.3 is 5.32 Å². The zero-order valence-corrected chi connectivity index (χ0v) is 9.81. The van der Waals surface area contributed by atoms with Crippen LogP contribution in [0.4, 0.5) is 5.82 Å². The fourth-order valence-electron chi connectivity index (χ4n) is 1.61. The molecule has 0 atom stereocenters. The van der Waals surface area contributed by atoms with Crippen LogP contribution in [0, 0.1) is 0 Å². The molecule has 0 saturated heterocycles. The number of anilines is 1. The van der Waals surface area contributed by atoms with E-state index in [1.165, 1.54) is 16.2 Å². The fraction of sp³-hybridized carbons (Fsp3) is 0.0833. The molecule has 0 unspecified atom stereocenters. The zero-order valence-electron chi connectivity index (χ0n) is 9.00. The summed E-state index contributed by atoms with van der Waals surface area (Å²) in [5.41, 5.74) is 0.956. The van der Waals surface area contributed by atoms with E-state index in [1.807, 2.05) is 18.2 Å². The Balaban J connectivity index is 1.82. The van der Waals surface area contributed by atoms with E-state index < -0.39 is 0 Å². The van der Waals surface area contributed by atoms with Crippen molar-refractivity contribution in [3.63, 3.8) is 0 Å². The number of benzene rings is 1. The van der Waals surface area contributed by atoms with Crippen molar-refractivity contribution in [2.24, 2.45) is 0 Å². The summed E-state index contributed by atoms with van der Waals surface area (Å²) in [6, 6.07) is 10.1. The van der Waals surface area contributed by atoms with E-state index in [9.17, 15) is 0 Å². The highest BCUT2D eigenvalue weighted by Crippen LogP contribution is 2.26. The quantitative estimate of drug-likeness (QED) is 0.767. The SMILES string of the molecule is c1ccc2c(NCc3ccncn3)nsc2c1. The summed E-state index contributed by atoms with van der Waals surface area (Å²) in [6.07, 6.45) is 3.29. The normalized spacial score (nSPS) is 10.6. The average molecular weight is 242 g/mol. The second-order valence-electron chi connectivity index (χ2n) is 3.58. The molecule has 0 amide bonds. The molecule has 0 radical (unpaired) electrons. The van der Waals surface area contributed by atoms with Crippen LogP contribution in [0.25, 0.3) is 10.1 Å². The van der Waals surface area contributed by atoms with E-state index in [0.29, 0.717) is 6.54 Å². The van der Waals surface area contributed by atoms with Crippen molar-refractivity contribution in [2.45, 2.75) is 6.54 Å². The third-order valence-electron chi connectivity index (χ3n) is 2.46. The van der Waals surface area contributed by atoms with Gasteiger partial charge in [-0.3, -0.25) is 0 Å². The van der Waals surface area contributed by atoms with Crippen LogP contribution in [0.5, 0.6) is 0 Å². The van der Waals surface area contributed by atoms with Gasteiger partial charge in [0.2, 0.25) is 0 Å². The molecule has 84 valence electrons. The Bertz CT molecular complexity index is 620. The van der Waals surface area contributed by atoms with E-state index in [4.69, 9.17) is 0 Å². The topological polar surface area (TPSA) is 50.7 Å². The lowest BCUT2D eigenvalue weighted by Gasteiger charge is -2.02. The highest BCUT2D eigenvalue weighted by atomic mass is 32.1. The minimum atomic E-state index is 0.663. The van der Waals surface area contributed by atoms with E-state index in [2.05, 4.69) is 31.8 Å². The van der Waals surface area contributed by atoms with E-state index >= 15 is 0 Å². The summed E-state index contributed by atoms with van der Waals surface area (Å²) in [7, 11) is 0. The molecule has 0 bridgehead atoms. The van der Waals surface area contributed by atoms with Crippen LogP contribution in [-0.4, -0.2) is 14.3 Å². The van der Waals surface area contributed by atoms with E-state index in [1.54, 1.807) is 12.5 Å². The first-order chi connectivity index (χ1) is 8.43. The molecule has 17 heavy (non-hydrogen) atoms. The van der Waals surface area contributed by atoms with Gasteiger partial charge in [-0.15, -0.1) is 0 Å². The van der Waals surface area contributed by atoms with Crippen LogP contribution < -0.4 is 5.32 Å². The average Bonchev–Trinajstić information content (AvgIpc) is 2.81. The van der Waals surface area contributed by atoms with Crippen LogP contribution in [0.15, 0.2) is 42.9 Å². The smallest absolute Gasteiger partial charge is 0.147 e. The highest BCUT2D eigenvalue weighted by molar-refractivity contribution is 7.13. The molecule has 2 aromatic heterocycles. The molecule has 0 aliphatic carbocycles. The van der Waals surface area contributed by atoms with Gasteiger partial charge >= 0.3 is 0 Å². The molecule has 1 N–H and O–H groups in total. The van der Waals surface area contributed by atoms with Crippen LogP contribution in [0.1, 0.15) is 5.69 Å². The Kier molecular flexibility index (Phi) is 2.67. The Hall–Kier alpha value is -2.01. The first kappa shape index (κ1) is 10.2. The molecule has 1 aromatic carbocycles. The summed E-state index contributed by atoms with van der Waals surface area (Å²) < 4.78 is 5.59. The molecule has 3 aromatic rings. The first-order valence-corrected chi connectivity index (χ1v) is 6.04. The lowest BCUT2D eigenvalue weighted by Crippen LogP contribution is -2.01. The van der Waals surface area contributed by atoms with Crippen LogP contribution in [-0.2, 0) is 6.54 Å². The minimum absolute atomic E-state index is 0.663. The molecule has 0 fully saturated rings. The van der Waals surface area contributed by atoms with Crippen LogP contribution >= 0.6 is 11.5 Å². The summed E-state index contributed by atoms with van der Waals surface area (Å²) in [5.74, 6) is 0.921. The molecule has 2 heterocycles. The van der Waals surface area contributed by atoms with Gasteiger partial charge in [0.05, 0.1) is 16.9 Å². The Morgan fingerprint density at radius 3 is 3.00 bits per heavy atom. The van der Waals surface area contributed by atoms with Crippen molar-refractivity contribution >= 4 is 27.4 Å². The molecule has 4 nitrogen and oxygen atoms in total. The third-order valence-corrected chi connectivity index (χ3v) is 3.28. The van der Waals surface area contributed by atoms with E-state index in [0.717, 1.165) is 16.9 Å². The van der Waals surface area contributed by atoms with Gasteiger partial charge in [0, 0.05) is 11.6 Å². The van der Waals surface area contributed by atoms with E-state index in [-0.39, 0.29) is 0 Å². The standard InChI is InChI=1S/C12H10N4S/c1-2-4-11-10(3-1)12(16-17-11)14-7-9-5-6-13-8-15-9/h1-6,8H,7H2,(H,14,16). The van der Waals surface area contributed by atoms with Gasteiger partial charge in [-0.1, -0.05) is 12.1 Å². The number of hydrogen-bond acceptors (Lipinski definition) is 5. The van der Waals surface area contributed by atoms with Crippen LogP contribution in [0.2, 0.25) is 0 Å². The van der Waals surface area contributed by atoms with Crippen molar-refractivity contribution in [3.8, 4) is 0 Å². The first-order valence-electron chi connectivity index (χ1n) is 5.26. The molecule has 0 aliphatic rings. The Morgan fingerprint density at radius 2 is 2.12 bits per heavy atom. The summed E-state index contributed by atoms with van der Waals surface area (Å²) >= 11 is 1.50. The number of hydrogen-bond donors (Lipinski definition) is 1. The van der Waals surface area contributed by atoms with Crippen molar-refractivity contribution in [1.29, 1.82) is 0 Å². The number of nitrogens with one attached hydrogen (secondary N) is 1. The summed E-state index contributed by atoms with van der Waals surface area (Å²) in [5, 5.41) is 4.45. The van der Waals surface area contributed by atoms with Gasteiger partial charge in [-0.25, -0.2) is 9.97 Å². The van der Waals surface area contributed by atoms with Crippen molar-refractivity contribution in [3.05, 3.63) is 48.5 Å². The maximum absolute atomic E-state index is 4.40. The maximum Gasteiger partial charge on any atom is 0.147 e. The lowest BCUT2D eigenvalue weighted by atomic mass is 10.2. The van der Waals surface area contributed by atoms with Crippen molar-refractivity contribution in [2.75, 3.05) is 5.32 Å². The van der Waals surface area contributed by atoms with Crippen molar-refractivity contribution < 1.29 is 0 Å². The number of rotatable bonds is 3. The second kappa shape index (κ2) is 4.47. The second-order valence-corrected chi connectivity index (χ2v) is 4.39.